The Bertz CT molecular complexity index is 201. The third-order valence-electron chi connectivity index (χ3n) is 1.52. The van der Waals surface area contributed by atoms with Crippen molar-refractivity contribution >= 4 is 11.9 Å². The lowest BCUT2D eigenvalue weighted by Crippen LogP contribution is -2.40. The lowest BCUT2D eigenvalue weighted by Gasteiger charge is -2.13. The Morgan fingerprint density at radius 2 is 2.23 bits per heavy atom. The minimum absolute atomic E-state index is 0.237. The molecule has 13 heavy (non-hydrogen) atoms. The van der Waals surface area contributed by atoms with Crippen LogP contribution in [0.5, 0.6) is 0 Å². The van der Waals surface area contributed by atoms with Crippen LogP contribution < -0.4 is 5.32 Å². The third-order valence-corrected chi connectivity index (χ3v) is 1.52. The van der Waals surface area contributed by atoms with Crippen LogP contribution >= 0.6 is 0 Å². The van der Waals surface area contributed by atoms with E-state index in [0.29, 0.717) is 12.8 Å². The number of hydrogen-bond acceptors (Lipinski definition) is 3. The topological polar surface area (TPSA) is 55.4 Å². The zero-order valence-electron chi connectivity index (χ0n) is 8.00. The fourth-order valence-electron chi connectivity index (χ4n) is 0.921. The molecular formula is C9H15NO3. The maximum Gasteiger partial charge on any atom is 0.328 e. The first-order chi connectivity index (χ1) is 6.11. The molecule has 1 amide bonds. The van der Waals surface area contributed by atoms with E-state index in [4.69, 9.17) is 0 Å². The van der Waals surface area contributed by atoms with Gasteiger partial charge in [0.1, 0.15) is 6.04 Å². The van der Waals surface area contributed by atoms with Crippen molar-refractivity contribution in [2.45, 2.75) is 25.8 Å². The number of carbonyl (C=O) groups excluding carboxylic acids is 2. The molecule has 0 aliphatic heterocycles. The number of rotatable bonds is 5. The number of ether oxygens (including phenoxy) is 1. The third kappa shape index (κ3) is 5.00. The van der Waals surface area contributed by atoms with Crippen LogP contribution in [0.25, 0.3) is 0 Å². The van der Waals surface area contributed by atoms with Crippen molar-refractivity contribution < 1.29 is 14.3 Å². The summed E-state index contributed by atoms with van der Waals surface area (Å²) in [5.74, 6) is -0.656. The van der Waals surface area contributed by atoms with E-state index in [-0.39, 0.29) is 5.91 Å². The molecule has 1 N–H and O–H groups in total. The Hall–Kier alpha value is -1.32. The van der Waals surface area contributed by atoms with Gasteiger partial charge in [0.25, 0.3) is 0 Å². The molecule has 0 spiro atoms. The lowest BCUT2D eigenvalue weighted by molar-refractivity contribution is -0.145. The van der Waals surface area contributed by atoms with Gasteiger partial charge in [-0.3, -0.25) is 4.79 Å². The van der Waals surface area contributed by atoms with E-state index in [9.17, 15) is 9.59 Å². The Morgan fingerprint density at radius 1 is 1.62 bits per heavy atom. The van der Waals surface area contributed by atoms with Crippen molar-refractivity contribution in [3.05, 3.63) is 12.7 Å². The summed E-state index contributed by atoms with van der Waals surface area (Å²) in [7, 11) is 1.30. The highest BCUT2D eigenvalue weighted by Crippen LogP contribution is 1.99. The van der Waals surface area contributed by atoms with Gasteiger partial charge in [-0.1, -0.05) is 6.08 Å². The summed E-state index contributed by atoms with van der Waals surface area (Å²) in [6.45, 7) is 4.90. The van der Waals surface area contributed by atoms with E-state index in [0.717, 1.165) is 0 Å². The van der Waals surface area contributed by atoms with E-state index < -0.39 is 12.0 Å². The van der Waals surface area contributed by atoms with E-state index in [1.54, 1.807) is 6.08 Å². The van der Waals surface area contributed by atoms with Crippen LogP contribution in [0, 0.1) is 0 Å². The van der Waals surface area contributed by atoms with Crippen LogP contribution in [0.1, 0.15) is 19.8 Å². The first-order valence-corrected chi connectivity index (χ1v) is 4.07. The molecule has 0 radical (unpaired) electrons. The molecule has 1 atom stereocenters. The monoisotopic (exact) mass is 185 g/mol. The van der Waals surface area contributed by atoms with Crippen LogP contribution in [0.3, 0.4) is 0 Å². The summed E-state index contributed by atoms with van der Waals surface area (Å²) in [5, 5.41) is 2.50. The smallest absolute Gasteiger partial charge is 0.328 e. The van der Waals surface area contributed by atoms with Gasteiger partial charge < -0.3 is 10.1 Å². The van der Waals surface area contributed by atoms with Crippen molar-refractivity contribution in [1.29, 1.82) is 0 Å². The molecule has 0 rings (SSSR count). The van der Waals surface area contributed by atoms with Gasteiger partial charge in [-0.25, -0.2) is 4.79 Å². The zero-order valence-corrected chi connectivity index (χ0v) is 8.00. The average molecular weight is 185 g/mol. The predicted molar refractivity (Wildman–Crippen MR) is 49.1 cm³/mol. The summed E-state index contributed by atoms with van der Waals surface area (Å²) >= 11 is 0. The fourth-order valence-corrected chi connectivity index (χ4v) is 0.921. The Labute approximate surface area is 78.0 Å². The average Bonchev–Trinajstić information content (AvgIpc) is 2.10. The molecular weight excluding hydrogens is 170 g/mol. The minimum Gasteiger partial charge on any atom is -0.467 e. The van der Waals surface area contributed by atoms with Crippen molar-refractivity contribution in [3.8, 4) is 0 Å². The second kappa shape index (κ2) is 6.22. The van der Waals surface area contributed by atoms with E-state index in [1.807, 2.05) is 0 Å². The van der Waals surface area contributed by atoms with Gasteiger partial charge in [0.15, 0.2) is 0 Å². The molecule has 74 valence electrons. The number of carbonyl (C=O) groups is 2. The lowest BCUT2D eigenvalue weighted by atomic mass is 10.1. The molecule has 0 aliphatic rings. The molecule has 0 aromatic rings. The highest BCUT2D eigenvalue weighted by molar-refractivity contribution is 5.83. The molecule has 0 saturated carbocycles. The number of amides is 1. The van der Waals surface area contributed by atoms with Crippen LogP contribution in [-0.4, -0.2) is 25.0 Å². The van der Waals surface area contributed by atoms with Crippen LogP contribution in [0.2, 0.25) is 0 Å². The molecule has 4 nitrogen and oxygen atoms in total. The Morgan fingerprint density at radius 3 is 2.62 bits per heavy atom. The number of allylic oxidation sites excluding steroid dienone is 1. The molecule has 0 aromatic carbocycles. The molecule has 4 heteroatoms. The summed E-state index contributed by atoms with van der Waals surface area (Å²) in [6, 6.07) is -0.555. The number of hydrogen-bond donors (Lipinski definition) is 1. The van der Waals surface area contributed by atoms with Crippen LogP contribution in [0.4, 0.5) is 0 Å². The first-order valence-electron chi connectivity index (χ1n) is 4.07. The highest BCUT2D eigenvalue weighted by atomic mass is 16.5. The molecule has 0 aliphatic carbocycles. The SMILES string of the molecule is C=CCC[C@@H](NC(C)=O)C(=O)OC. The maximum atomic E-state index is 11.1. The van der Waals surface area contributed by atoms with Gasteiger partial charge in [0.05, 0.1) is 7.11 Å². The van der Waals surface area contributed by atoms with Crippen molar-refractivity contribution in [3.63, 3.8) is 0 Å². The zero-order chi connectivity index (χ0) is 10.3. The summed E-state index contributed by atoms with van der Waals surface area (Å²) in [4.78, 5) is 21.8. The quantitative estimate of drug-likeness (QED) is 0.505. The molecule has 0 heterocycles. The number of methoxy groups -OCH3 is 1. The molecule has 0 saturated heterocycles. The van der Waals surface area contributed by atoms with E-state index in [1.165, 1.54) is 14.0 Å². The molecule has 0 fully saturated rings. The molecule has 0 unspecified atom stereocenters. The summed E-state index contributed by atoms with van der Waals surface area (Å²) in [6.07, 6.45) is 2.88. The van der Waals surface area contributed by atoms with Gasteiger partial charge in [0, 0.05) is 6.92 Å². The fraction of sp³-hybridized carbons (Fsp3) is 0.556. The minimum atomic E-state index is -0.555. The Balaban J connectivity index is 4.09. The van der Waals surface area contributed by atoms with Gasteiger partial charge in [-0.15, -0.1) is 6.58 Å². The van der Waals surface area contributed by atoms with Gasteiger partial charge in [-0.05, 0) is 12.8 Å². The summed E-state index contributed by atoms with van der Waals surface area (Å²) in [5.41, 5.74) is 0. The van der Waals surface area contributed by atoms with E-state index >= 15 is 0 Å². The van der Waals surface area contributed by atoms with Crippen molar-refractivity contribution in [2.75, 3.05) is 7.11 Å². The van der Waals surface area contributed by atoms with Gasteiger partial charge >= 0.3 is 5.97 Å². The normalized spacial score (nSPS) is 11.5. The molecule has 0 bridgehead atoms. The van der Waals surface area contributed by atoms with Crippen LogP contribution in [-0.2, 0) is 14.3 Å². The van der Waals surface area contributed by atoms with Gasteiger partial charge in [0.2, 0.25) is 5.91 Å². The van der Waals surface area contributed by atoms with E-state index in [2.05, 4.69) is 16.6 Å². The summed E-state index contributed by atoms with van der Waals surface area (Å²) < 4.78 is 4.52. The molecule has 0 aromatic heterocycles. The largest absolute Gasteiger partial charge is 0.467 e. The number of nitrogens with one attached hydrogen (secondary N) is 1. The predicted octanol–water partition coefficient (Wildman–Crippen LogP) is 0.630. The highest BCUT2D eigenvalue weighted by Gasteiger charge is 2.18. The second-order valence-electron chi connectivity index (χ2n) is 2.64. The first kappa shape index (κ1) is 11.7. The van der Waals surface area contributed by atoms with Crippen molar-refractivity contribution in [2.24, 2.45) is 0 Å². The van der Waals surface area contributed by atoms with Gasteiger partial charge in [-0.2, -0.15) is 0 Å². The maximum absolute atomic E-state index is 11.1. The number of esters is 1. The standard InChI is InChI=1S/C9H15NO3/c1-4-5-6-8(9(12)13-3)10-7(2)11/h4,8H,1,5-6H2,2-3H3,(H,10,11)/t8-/m1/s1. The second-order valence-corrected chi connectivity index (χ2v) is 2.64. The Kier molecular flexibility index (Phi) is 5.59. The van der Waals surface area contributed by atoms with Crippen LogP contribution in [0.15, 0.2) is 12.7 Å². The van der Waals surface area contributed by atoms with Crippen molar-refractivity contribution in [1.82, 2.24) is 5.32 Å².